The molecule has 1 unspecified atom stereocenters. The summed E-state index contributed by atoms with van der Waals surface area (Å²) in [6, 6.07) is 15.0. The Bertz CT molecular complexity index is 787. The molecular formula is C19H19NO5. The third kappa shape index (κ3) is 4.23. The third-order valence-corrected chi connectivity index (χ3v) is 3.83. The number of carbonyl (C=O) groups is 3. The van der Waals surface area contributed by atoms with Crippen molar-refractivity contribution < 1.29 is 24.2 Å². The van der Waals surface area contributed by atoms with Crippen LogP contribution in [-0.2, 0) is 16.0 Å². The highest BCUT2D eigenvalue weighted by Gasteiger charge is 2.37. The van der Waals surface area contributed by atoms with Crippen molar-refractivity contribution in [1.29, 1.82) is 0 Å². The number of benzene rings is 2. The van der Waals surface area contributed by atoms with E-state index in [0.717, 1.165) is 5.56 Å². The number of methoxy groups -OCH3 is 1. The van der Waals surface area contributed by atoms with Crippen LogP contribution in [0.15, 0.2) is 54.6 Å². The molecule has 2 rings (SSSR count). The van der Waals surface area contributed by atoms with Gasteiger partial charge < -0.3 is 15.2 Å². The predicted molar refractivity (Wildman–Crippen MR) is 91.4 cm³/mol. The normalized spacial score (nSPS) is 12.7. The molecule has 0 saturated carbocycles. The Kier molecular flexibility index (Phi) is 5.54. The summed E-state index contributed by atoms with van der Waals surface area (Å²) in [6.45, 7) is 1.55. The Morgan fingerprint density at radius 2 is 1.56 bits per heavy atom. The Balaban J connectivity index is 2.33. The van der Waals surface area contributed by atoms with Gasteiger partial charge in [-0.3, -0.25) is 4.79 Å². The minimum absolute atomic E-state index is 0.0156. The fourth-order valence-electron chi connectivity index (χ4n) is 2.58. The highest BCUT2D eigenvalue weighted by molar-refractivity contribution is 6.06. The maximum absolute atomic E-state index is 12.6. The first-order chi connectivity index (χ1) is 11.9. The quantitative estimate of drug-likeness (QED) is 0.787. The van der Waals surface area contributed by atoms with Crippen molar-refractivity contribution in [3.8, 4) is 0 Å². The highest BCUT2D eigenvalue weighted by atomic mass is 16.5. The summed E-state index contributed by atoms with van der Waals surface area (Å²) >= 11 is 0. The molecule has 2 aromatic carbocycles. The Morgan fingerprint density at radius 3 is 2.12 bits per heavy atom. The topological polar surface area (TPSA) is 92.7 Å². The van der Waals surface area contributed by atoms with Crippen molar-refractivity contribution >= 4 is 17.8 Å². The van der Waals surface area contributed by atoms with Crippen LogP contribution < -0.4 is 5.32 Å². The summed E-state index contributed by atoms with van der Waals surface area (Å²) in [5, 5.41) is 11.9. The molecule has 1 amide bonds. The maximum atomic E-state index is 12.6. The molecule has 0 aromatic heterocycles. The first-order valence-electron chi connectivity index (χ1n) is 7.64. The molecule has 6 heteroatoms. The maximum Gasteiger partial charge on any atom is 0.336 e. The number of hydrogen-bond acceptors (Lipinski definition) is 4. The summed E-state index contributed by atoms with van der Waals surface area (Å²) in [5.41, 5.74) is -0.647. The van der Waals surface area contributed by atoms with Crippen LogP contribution in [0.25, 0.3) is 0 Å². The summed E-state index contributed by atoms with van der Waals surface area (Å²) < 4.78 is 4.83. The van der Waals surface area contributed by atoms with Gasteiger partial charge in [0.1, 0.15) is 5.54 Å². The average molecular weight is 341 g/mol. The number of ether oxygens (including phenoxy) is 1. The van der Waals surface area contributed by atoms with Crippen LogP contribution in [-0.4, -0.2) is 35.6 Å². The van der Waals surface area contributed by atoms with Gasteiger partial charge >= 0.3 is 11.9 Å². The molecule has 0 fully saturated rings. The van der Waals surface area contributed by atoms with Crippen LogP contribution >= 0.6 is 0 Å². The molecule has 25 heavy (non-hydrogen) atoms. The van der Waals surface area contributed by atoms with Gasteiger partial charge in [0.15, 0.2) is 0 Å². The van der Waals surface area contributed by atoms with E-state index in [4.69, 9.17) is 4.74 Å². The van der Waals surface area contributed by atoms with Gasteiger partial charge in [-0.2, -0.15) is 0 Å². The molecule has 2 N–H and O–H groups in total. The lowest BCUT2D eigenvalue weighted by Crippen LogP contribution is -2.54. The number of rotatable bonds is 6. The molecule has 0 bridgehead atoms. The van der Waals surface area contributed by atoms with Crippen molar-refractivity contribution in [3.05, 3.63) is 71.3 Å². The van der Waals surface area contributed by atoms with Gasteiger partial charge in [-0.25, -0.2) is 9.59 Å². The fraction of sp³-hybridized carbons (Fsp3) is 0.211. The van der Waals surface area contributed by atoms with Crippen LogP contribution in [0.4, 0.5) is 0 Å². The zero-order chi connectivity index (χ0) is 18.4. The predicted octanol–water partition coefficient (Wildman–Crippen LogP) is 2.29. The van der Waals surface area contributed by atoms with Crippen LogP contribution in [0.2, 0.25) is 0 Å². The molecule has 0 saturated heterocycles. The molecule has 0 heterocycles. The van der Waals surface area contributed by atoms with E-state index >= 15 is 0 Å². The SMILES string of the molecule is COC(=O)C(C)(Cc1ccccc1)NC(=O)c1ccccc1C(=O)O. The second kappa shape index (κ2) is 7.61. The lowest BCUT2D eigenvalue weighted by Gasteiger charge is -2.28. The second-order valence-corrected chi connectivity index (χ2v) is 5.79. The summed E-state index contributed by atoms with van der Waals surface area (Å²) in [6.07, 6.45) is 0.210. The van der Waals surface area contributed by atoms with Gasteiger partial charge in [0.05, 0.1) is 18.2 Å². The molecule has 0 aliphatic carbocycles. The minimum Gasteiger partial charge on any atom is -0.478 e. The van der Waals surface area contributed by atoms with Crippen LogP contribution in [0.1, 0.15) is 33.2 Å². The van der Waals surface area contributed by atoms with Crippen molar-refractivity contribution in [2.45, 2.75) is 18.9 Å². The van der Waals surface area contributed by atoms with E-state index in [1.54, 1.807) is 13.0 Å². The number of carboxylic acid groups (broad SMARTS) is 1. The minimum atomic E-state index is -1.33. The second-order valence-electron chi connectivity index (χ2n) is 5.79. The summed E-state index contributed by atoms with van der Waals surface area (Å²) in [7, 11) is 1.24. The fourth-order valence-corrected chi connectivity index (χ4v) is 2.58. The number of carboxylic acids is 1. The number of carbonyl (C=O) groups excluding carboxylic acids is 2. The van der Waals surface area contributed by atoms with Crippen molar-refractivity contribution in [2.24, 2.45) is 0 Å². The van der Waals surface area contributed by atoms with E-state index in [-0.39, 0.29) is 17.5 Å². The number of aromatic carboxylic acids is 1. The number of nitrogens with one attached hydrogen (secondary N) is 1. The Morgan fingerprint density at radius 1 is 1.00 bits per heavy atom. The zero-order valence-electron chi connectivity index (χ0n) is 14.0. The molecule has 0 spiro atoms. The summed E-state index contributed by atoms with van der Waals surface area (Å²) in [4.78, 5) is 36.2. The van der Waals surface area contributed by atoms with E-state index in [9.17, 15) is 19.5 Å². The molecule has 0 aliphatic rings. The van der Waals surface area contributed by atoms with Gasteiger partial charge in [0, 0.05) is 6.42 Å². The van der Waals surface area contributed by atoms with Gasteiger partial charge in [-0.1, -0.05) is 42.5 Å². The first-order valence-corrected chi connectivity index (χ1v) is 7.64. The monoisotopic (exact) mass is 341 g/mol. The van der Waals surface area contributed by atoms with Gasteiger partial charge in [0.2, 0.25) is 0 Å². The number of esters is 1. The average Bonchev–Trinajstić information content (AvgIpc) is 2.61. The van der Waals surface area contributed by atoms with Crippen molar-refractivity contribution in [2.75, 3.05) is 7.11 Å². The van der Waals surface area contributed by atoms with Crippen molar-refractivity contribution in [3.63, 3.8) is 0 Å². The molecule has 2 aromatic rings. The molecule has 6 nitrogen and oxygen atoms in total. The van der Waals surface area contributed by atoms with Crippen LogP contribution in [0.5, 0.6) is 0 Å². The molecule has 0 aliphatic heterocycles. The van der Waals surface area contributed by atoms with Gasteiger partial charge in [-0.15, -0.1) is 0 Å². The summed E-state index contributed by atoms with van der Waals surface area (Å²) in [5.74, 6) is -2.48. The van der Waals surface area contributed by atoms with Crippen molar-refractivity contribution in [1.82, 2.24) is 5.32 Å². The lowest BCUT2D eigenvalue weighted by atomic mass is 9.92. The number of hydrogen-bond donors (Lipinski definition) is 2. The molecule has 1 atom stereocenters. The van der Waals surface area contributed by atoms with Gasteiger partial charge in [0.25, 0.3) is 5.91 Å². The standard InChI is InChI=1S/C19H19NO5/c1-19(18(24)25-2,12-13-8-4-3-5-9-13)20-16(21)14-10-6-7-11-15(14)17(22)23/h3-11H,12H2,1-2H3,(H,20,21)(H,22,23). The largest absolute Gasteiger partial charge is 0.478 e. The molecule has 0 radical (unpaired) electrons. The molecular weight excluding hydrogens is 322 g/mol. The van der Waals surface area contributed by atoms with E-state index in [1.165, 1.54) is 25.3 Å². The smallest absolute Gasteiger partial charge is 0.336 e. The third-order valence-electron chi connectivity index (χ3n) is 3.83. The highest BCUT2D eigenvalue weighted by Crippen LogP contribution is 2.17. The van der Waals surface area contributed by atoms with Gasteiger partial charge in [-0.05, 0) is 24.6 Å². The lowest BCUT2D eigenvalue weighted by molar-refractivity contribution is -0.147. The molecule has 130 valence electrons. The van der Waals surface area contributed by atoms with Crippen LogP contribution in [0, 0.1) is 0 Å². The van der Waals surface area contributed by atoms with E-state index in [1.807, 2.05) is 30.3 Å². The van der Waals surface area contributed by atoms with E-state index in [2.05, 4.69) is 5.32 Å². The number of amides is 1. The van der Waals surface area contributed by atoms with E-state index in [0.29, 0.717) is 0 Å². The Labute approximate surface area is 145 Å². The first kappa shape index (κ1) is 18.2. The van der Waals surface area contributed by atoms with E-state index < -0.39 is 23.4 Å². The van der Waals surface area contributed by atoms with Crippen LogP contribution in [0.3, 0.4) is 0 Å². The Hall–Kier alpha value is -3.15. The zero-order valence-corrected chi connectivity index (χ0v) is 14.0.